The molecule has 0 aliphatic rings. The van der Waals surface area contributed by atoms with Crippen LogP contribution in [0.15, 0.2) is 24.3 Å². The van der Waals surface area contributed by atoms with Gasteiger partial charge in [0.05, 0.1) is 4.92 Å². The van der Waals surface area contributed by atoms with Crippen molar-refractivity contribution in [2.24, 2.45) is 5.90 Å². The lowest BCUT2D eigenvalue weighted by atomic mass is 10.3. The first-order chi connectivity index (χ1) is 6.65. The van der Waals surface area contributed by atoms with Crippen molar-refractivity contribution in [3.8, 4) is 5.75 Å². The molecule has 0 fully saturated rings. The van der Waals surface area contributed by atoms with Crippen LogP contribution >= 0.6 is 0 Å². The highest BCUT2D eigenvalue weighted by atomic mass is 32.2. The maximum Gasteiger partial charge on any atom is 0.378 e. The molecule has 0 heterocycles. The molecule has 0 aromatic heterocycles. The van der Waals surface area contributed by atoms with Crippen LogP contribution in [0.2, 0.25) is 0 Å². The van der Waals surface area contributed by atoms with E-state index in [1.54, 1.807) is 0 Å². The van der Waals surface area contributed by atoms with Gasteiger partial charge >= 0.3 is 17.0 Å². The minimum absolute atomic E-state index is 0.165. The molecule has 0 saturated carbocycles. The van der Waals surface area contributed by atoms with Crippen LogP contribution in [0.4, 0.5) is 5.69 Å². The molecular formula is C6H6N2O5S. The van der Waals surface area contributed by atoms with Gasteiger partial charge in [-0.2, -0.15) is 14.4 Å². The number of benzene rings is 1. The summed E-state index contributed by atoms with van der Waals surface area (Å²) in [6.45, 7) is 0. The van der Waals surface area contributed by atoms with E-state index in [1.807, 2.05) is 0 Å². The second-order valence-corrected chi connectivity index (χ2v) is 2.88. The highest BCUT2D eigenvalue weighted by Gasteiger charge is 2.16. The fourth-order valence-corrected chi connectivity index (χ4v) is 1.10. The highest BCUT2D eigenvalue weighted by Crippen LogP contribution is 2.26. The average molecular weight is 218 g/mol. The normalized spacial score (nSPS) is 12.1. The van der Waals surface area contributed by atoms with Crippen LogP contribution in [0.25, 0.3) is 0 Å². The first-order valence-corrected chi connectivity index (χ1v) is 4.36. The summed E-state index contributed by atoms with van der Waals surface area (Å²) < 4.78 is 19.0. The van der Waals surface area contributed by atoms with E-state index in [2.05, 4.69) is 14.4 Å². The third-order valence-corrected chi connectivity index (χ3v) is 1.77. The number of hydrogen-bond donors (Lipinski definition) is 1. The molecule has 0 radical (unpaired) electrons. The summed E-state index contributed by atoms with van der Waals surface area (Å²) in [7, 11) is 0. The maximum absolute atomic E-state index is 10.7. The van der Waals surface area contributed by atoms with Crippen LogP contribution in [0.3, 0.4) is 0 Å². The zero-order valence-corrected chi connectivity index (χ0v) is 7.60. The fourth-order valence-electron chi connectivity index (χ4n) is 0.771. The molecule has 14 heavy (non-hydrogen) atoms. The van der Waals surface area contributed by atoms with Crippen LogP contribution in [0.1, 0.15) is 0 Å². The lowest BCUT2D eigenvalue weighted by molar-refractivity contribution is -0.385. The molecule has 1 aromatic rings. The van der Waals surface area contributed by atoms with Crippen molar-refractivity contribution in [3.63, 3.8) is 0 Å². The Morgan fingerprint density at radius 1 is 1.43 bits per heavy atom. The first kappa shape index (κ1) is 10.6. The van der Waals surface area contributed by atoms with Gasteiger partial charge in [-0.05, 0) is 6.07 Å². The Labute approximate surface area is 81.4 Å². The van der Waals surface area contributed by atoms with E-state index in [1.165, 1.54) is 24.3 Å². The molecule has 1 rings (SSSR count). The van der Waals surface area contributed by atoms with Crippen LogP contribution in [-0.4, -0.2) is 9.13 Å². The number of nitro benzene ring substituents is 1. The molecule has 1 atom stereocenters. The van der Waals surface area contributed by atoms with Crippen molar-refractivity contribution in [1.82, 2.24) is 0 Å². The summed E-state index contributed by atoms with van der Waals surface area (Å²) >= 11 is -2.23. The van der Waals surface area contributed by atoms with Crippen LogP contribution in [0.5, 0.6) is 5.75 Å². The van der Waals surface area contributed by atoms with E-state index in [9.17, 15) is 14.3 Å². The summed E-state index contributed by atoms with van der Waals surface area (Å²) in [6, 6.07) is 5.45. The van der Waals surface area contributed by atoms with E-state index in [4.69, 9.17) is 0 Å². The smallest absolute Gasteiger partial charge is 0.372 e. The summed E-state index contributed by atoms with van der Waals surface area (Å²) in [5.74, 6) is 4.39. The Bertz CT molecular complexity index is 369. The minimum atomic E-state index is -2.23. The Morgan fingerprint density at radius 3 is 2.64 bits per heavy atom. The summed E-state index contributed by atoms with van der Waals surface area (Å²) in [4.78, 5) is 9.78. The fraction of sp³-hybridized carbons (Fsp3) is 0. The third-order valence-electron chi connectivity index (χ3n) is 1.30. The Morgan fingerprint density at radius 2 is 2.07 bits per heavy atom. The number of nitrogens with zero attached hydrogens (tertiary/aromatic N) is 1. The zero-order chi connectivity index (χ0) is 10.6. The Hall–Kier alpha value is -1.51. The predicted molar refractivity (Wildman–Crippen MR) is 47.1 cm³/mol. The number of hydrogen-bond acceptors (Lipinski definition) is 6. The molecule has 1 unspecified atom stereocenters. The summed E-state index contributed by atoms with van der Waals surface area (Å²) in [5, 5.41) is 10.4. The number of rotatable bonds is 4. The molecule has 0 amide bonds. The van der Waals surface area contributed by atoms with Gasteiger partial charge in [0.25, 0.3) is 0 Å². The van der Waals surface area contributed by atoms with Crippen LogP contribution < -0.4 is 10.1 Å². The summed E-state index contributed by atoms with van der Waals surface area (Å²) in [5.41, 5.74) is -0.307. The lowest BCUT2D eigenvalue weighted by Gasteiger charge is -2.01. The maximum atomic E-state index is 10.7. The van der Waals surface area contributed by atoms with Crippen molar-refractivity contribution in [3.05, 3.63) is 34.4 Å². The van der Waals surface area contributed by atoms with Crippen molar-refractivity contribution in [2.45, 2.75) is 0 Å². The molecule has 0 aliphatic heterocycles. The van der Waals surface area contributed by atoms with E-state index in [0.29, 0.717) is 0 Å². The van der Waals surface area contributed by atoms with E-state index in [0.717, 1.165) is 0 Å². The number of nitrogens with two attached hydrogens (primary N) is 1. The molecule has 76 valence electrons. The van der Waals surface area contributed by atoms with Gasteiger partial charge in [-0.25, -0.2) is 0 Å². The molecule has 7 nitrogen and oxygen atoms in total. The molecule has 0 saturated heterocycles. The molecule has 0 bridgehead atoms. The molecule has 8 heteroatoms. The van der Waals surface area contributed by atoms with E-state index >= 15 is 0 Å². The predicted octanol–water partition coefficient (Wildman–Crippen LogP) is 0.443. The third kappa shape index (κ3) is 2.49. The number of nitro groups is 1. The second-order valence-electron chi connectivity index (χ2n) is 2.11. The Balaban J connectivity index is 2.95. The largest absolute Gasteiger partial charge is 0.378 e. The van der Waals surface area contributed by atoms with Gasteiger partial charge in [-0.15, -0.1) is 0 Å². The van der Waals surface area contributed by atoms with Crippen LogP contribution in [-0.2, 0) is 15.6 Å². The van der Waals surface area contributed by atoms with Gasteiger partial charge < -0.3 is 4.18 Å². The van der Waals surface area contributed by atoms with E-state index in [-0.39, 0.29) is 11.4 Å². The Kier molecular flexibility index (Phi) is 3.51. The molecule has 2 N–H and O–H groups in total. The molecule has 1 aromatic carbocycles. The van der Waals surface area contributed by atoms with Crippen molar-refractivity contribution in [1.29, 1.82) is 0 Å². The topological polar surface area (TPSA) is 105 Å². The monoisotopic (exact) mass is 218 g/mol. The van der Waals surface area contributed by atoms with Gasteiger partial charge in [0.15, 0.2) is 0 Å². The standard InChI is InChI=1S/C6H6N2O5S/c7-13-14(11)12-6-4-2-1-3-5(6)8(9)10/h1-4H,7H2. The van der Waals surface area contributed by atoms with Gasteiger partial charge in [-0.1, -0.05) is 12.1 Å². The first-order valence-electron chi connectivity index (χ1n) is 3.36. The van der Waals surface area contributed by atoms with E-state index < -0.39 is 16.3 Å². The van der Waals surface area contributed by atoms with Gasteiger partial charge in [0.1, 0.15) is 0 Å². The minimum Gasteiger partial charge on any atom is -0.372 e. The van der Waals surface area contributed by atoms with Crippen molar-refractivity contribution in [2.75, 3.05) is 0 Å². The van der Waals surface area contributed by atoms with Gasteiger partial charge in [0, 0.05) is 6.07 Å². The molecular weight excluding hydrogens is 212 g/mol. The van der Waals surface area contributed by atoms with Crippen LogP contribution in [0, 0.1) is 10.1 Å². The zero-order valence-electron chi connectivity index (χ0n) is 6.78. The SMILES string of the molecule is NOS(=O)Oc1ccccc1[N+](=O)[O-]. The quantitative estimate of drug-likeness (QED) is 0.580. The highest BCUT2D eigenvalue weighted by molar-refractivity contribution is 7.75. The lowest BCUT2D eigenvalue weighted by Crippen LogP contribution is -2.10. The average Bonchev–Trinajstić information content (AvgIpc) is 2.18. The summed E-state index contributed by atoms with van der Waals surface area (Å²) in [6.07, 6.45) is 0. The number of para-hydroxylation sites is 2. The van der Waals surface area contributed by atoms with Gasteiger partial charge in [0.2, 0.25) is 5.75 Å². The van der Waals surface area contributed by atoms with Gasteiger partial charge in [-0.3, -0.25) is 10.1 Å². The van der Waals surface area contributed by atoms with Crippen molar-refractivity contribution >= 4 is 17.0 Å². The second kappa shape index (κ2) is 4.65. The molecule has 0 spiro atoms. The van der Waals surface area contributed by atoms with Crippen molar-refractivity contribution < 1.29 is 17.6 Å². The molecule has 0 aliphatic carbocycles.